The van der Waals surface area contributed by atoms with Crippen molar-refractivity contribution in [2.24, 2.45) is 0 Å². The van der Waals surface area contributed by atoms with Gasteiger partial charge in [-0.25, -0.2) is 0 Å². The quantitative estimate of drug-likeness (QED) is 0.616. The molecule has 1 atom stereocenters. The standard InChI is InChI=1S/C13H29NO/c1-7-9-10-14(12(3)4)13(5,8-2)11-15-6/h12H,7-11H2,1-6H3. The number of rotatable bonds is 8. The van der Waals surface area contributed by atoms with Crippen molar-refractivity contribution in [2.75, 3.05) is 20.3 Å². The van der Waals surface area contributed by atoms with E-state index in [0.717, 1.165) is 13.0 Å². The largest absolute Gasteiger partial charge is 0.383 e. The molecule has 92 valence electrons. The summed E-state index contributed by atoms with van der Waals surface area (Å²) in [4.78, 5) is 2.58. The van der Waals surface area contributed by atoms with Gasteiger partial charge in [0.1, 0.15) is 0 Å². The first-order valence-electron chi connectivity index (χ1n) is 6.27. The summed E-state index contributed by atoms with van der Waals surface area (Å²) in [6, 6.07) is 0.594. The maximum absolute atomic E-state index is 5.37. The van der Waals surface area contributed by atoms with Crippen molar-refractivity contribution in [3.05, 3.63) is 0 Å². The van der Waals surface area contributed by atoms with Gasteiger partial charge in [0, 0.05) is 18.7 Å². The molecular weight excluding hydrogens is 186 g/mol. The first-order chi connectivity index (χ1) is 7.01. The molecule has 2 nitrogen and oxygen atoms in total. The van der Waals surface area contributed by atoms with E-state index in [1.54, 1.807) is 7.11 Å². The van der Waals surface area contributed by atoms with Gasteiger partial charge >= 0.3 is 0 Å². The molecule has 0 saturated carbocycles. The van der Waals surface area contributed by atoms with Gasteiger partial charge in [-0.2, -0.15) is 0 Å². The molecule has 0 amide bonds. The monoisotopic (exact) mass is 215 g/mol. The second-order valence-electron chi connectivity index (χ2n) is 4.92. The van der Waals surface area contributed by atoms with E-state index >= 15 is 0 Å². The highest BCUT2D eigenvalue weighted by Gasteiger charge is 2.31. The highest BCUT2D eigenvalue weighted by Crippen LogP contribution is 2.23. The zero-order valence-corrected chi connectivity index (χ0v) is 11.5. The normalized spacial score (nSPS) is 16.0. The second kappa shape index (κ2) is 7.24. The first-order valence-corrected chi connectivity index (χ1v) is 6.27. The number of methoxy groups -OCH3 is 1. The fraction of sp³-hybridized carbons (Fsp3) is 1.00. The van der Waals surface area contributed by atoms with Crippen molar-refractivity contribution in [1.29, 1.82) is 0 Å². The first kappa shape index (κ1) is 14.9. The Labute approximate surface area is 96.0 Å². The molecular formula is C13H29NO. The van der Waals surface area contributed by atoms with Crippen molar-refractivity contribution in [3.63, 3.8) is 0 Å². The minimum absolute atomic E-state index is 0.193. The molecule has 0 aliphatic rings. The van der Waals surface area contributed by atoms with Gasteiger partial charge in [-0.1, -0.05) is 20.3 Å². The topological polar surface area (TPSA) is 12.5 Å². The van der Waals surface area contributed by atoms with Crippen molar-refractivity contribution in [1.82, 2.24) is 4.90 Å². The number of unbranched alkanes of at least 4 members (excludes halogenated alkanes) is 1. The van der Waals surface area contributed by atoms with Crippen LogP contribution in [0, 0.1) is 0 Å². The lowest BCUT2D eigenvalue weighted by atomic mass is 9.95. The van der Waals surface area contributed by atoms with E-state index in [9.17, 15) is 0 Å². The highest BCUT2D eigenvalue weighted by molar-refractivity contribution is 4.86. The molecule has 0 N–H and O–H groups in total. The summed E-state index contributed by atoms with van der Waals surface area (Å²) in [5.41, 5.74) is 0.193. The molecule has 0 aliphatic carbocycles. The van der Waals surface area contributed by atoms with Crippen LogP contribution in [-0.2, 0) is 4.74 Å². The van der Waals surface area contributed by atoms with Crippen molar-refractivity contribution < 1.29 is 4.74 Å². The van der Waals surface area contributed by atoms with Crippen LogP contribution in [0.15, 0.2) is 0 Å². The Hall–Kier alpha value is -0.0800. The van der Waals surface area contributed by atoms with Crippen LogP contribution in [0.2, 0.25) is 0 Å². The van der Waals surface area contributed by atoms with Crippen LogP contribution in [0.4, 0.5) is 0 Å². The molecule has 0 aromatic carbocycles. The highest BCUT2D eigenvalue weighted by atomic mass is 16.5. The number of ether oxygens (including phenoxy) is 1. The Morgan fingerprint density at radius 1 is 1.27 bits per heavy atom. The average Bonchev–Trinajstić information content (AvgIpc) is 2.18. The van der Waals surface area contributed by atoms with Gasteiger partial charge in [0.25, 0.3) is 0 Å². The van der Waals surface area contributed by atoms with Crippen LogP contribution in [0.3, 0.4) is 0 Å². The summed E-state index contributed by atoms with van der Waals surface area (Å²) in [6.07, 6.45) is 3.68. The predicted molar refractivity (Wildman–Crippen MR) is 67.3 cm³/mol. The van der Waals surface area contributed by atoms with Crippen LogP contribution in [-0.4, -0.2) is 36.7 Å². The minimum atomic E-state index is 0.193. The Balaban J connectivity index is 4.53. The number of hydrogen-bond donors (Lipinski definition) is 0. The molecule has 0 radical (unpaired) electrons. The van der Waals surface area contributed by atoms with Crippen LogP contribution in [0.25, 0.3) is 0 Å². The molecule has 0 aliphatic heterocycles. The zero-order valence-electron chi connectivity index (χ0n) is 11.5. The van der Waals surface area contributed by atoms with Gasteiger partial charge in [-0.05, 0) is 40.2 Å². The summed E-state index contributed by atoms with van der Waals surface area (Å²) in [5.74, 6) is 0. The van der Waals surface area contributed by atoms with Gasteiger partial charge < -0.3 is 4.74 Å². The molecule has 0 fully saturated rings. The lowest BCUT2D eigenvalue weighted by Crippen LogP contribution is -2.52. The summed E-state index contributed by atoms with van der Waals surface area (Å²) < 4.78 is 5.37. The SMILES string of the molecule is CCCCN(C(C)C)C(C)(CC)COC. The number of nitrogens with zero attached hydrogens (tertiary/aromatic N) is 1. The molecule has 0 aromatic rings. The molecule has 0 aromatic heterocycles. The average molecular weight is 215 g/mol. The Bertz CT molecular complexity index is 159. The van der Waals surface area contributed by atoms with E-state index in [1.165, 1.54) is 19.4 Å². The molecule has 1 unspecified atom stereocenters. The van der Waals surface area contributed by atoms with E-state index in [4.69, 9.17) is 4.74 Å². The van der Waals surface area contributed by atoms with Gasteiger partial charge in [-0.15, -0.1) is 0 Å². The molecule has 2 heteroatoms. The van der Waals surface area contributed by atoms with Gasteiger partial charge in [0.15, 0.2) is 0 Å². The lowest BCUT2D eigenvalue weighted by molar-refractivity contribution is -0.00131. The molecule has 0 spiro atoms. The van der Waals surface area contributed by atoms with Gasteiger partial charge in [0.2, 0.25) is 0 Å². The summed E-state index contributed by atoms with van der Waals surface area (Å²) in [6.45, 7) is 13.4. The summed E-state index contributed by atoms with van der Waals surface area (Å²) in [5, 5.41) is 0. The third-order valence-corrected chi connectivity index (χ3v) is 3.29. The minimum Gasteiger partial charge on any atom is -0.383 e. The smallest absolute Gasteiger partial charge is 0.0643 e. The summed E-state index contributed by atoms with van der Waals surface area (Å²) >= 11 is 0. The Morgan fingerprint density at radius 2 is 1.87 bits per heavy atom. The van der Waals surface area contributed by atoms with Crippen molar-refractivity contribution >= 4 is 0 Å². The van der Waals surface area contributed by atoms with Crippen molar-refractivity contribution in [2.45, 2.75) is 65.5 Å². The van der Waals surface area contributed by atoms with E-state index in [2.05, 4.69) is 39.5 Å². The molecule has 0 bridgehead atoms. The third kappa shape index (κ3) is 4.52. The van der Waals surface area contributed by atoms with E-state index < -0.39 is 0 Å². The molecule has 15 heavy (non-hydrogen) atoms. The van der Waals surface area contributed by atoms with Crippen LogP contribution < -0.4 is 0 Å². The van der Waals surface area contributed by atoms with Crippen LogP contribution in [0.5, 0.6) is 0 Å². The fourth-order valence-corrected chi connectivity index (χ4v) is 2.18. The number of hydrogen-bond acceptors (Lipinski definition) is 2. The third-order valence-electron chi connectivity index (χ3n) is 3.29. The van der Waals surface area contributed by atoms with Gasteiger partial charge in [0.05, 0.1) is 6.61 Å². The van der Waals surface area contributed by atoms with Gasteiger partial charge in [-0.3, -0.25) is 4.90 Å². The maximum Gasteiger partial charge on any atom is 0.0643 e. The summed E-state index contributed by atoms with van der Waals surface area (Å²) in [7, 11) is 1.80. The Kier molecular flexibility index (Phi) is 7.20. The van der Waals surface area contributed by atoms with Crippen LogP contribution in [0.1, 0.15) is 53.9 Å². The van der Waals surface area contributed by atoms with Crippen molar-refractivity contribution in [3.8, 4) is 0 Å². The van der Waals surface area contributed by atoms with E-state index in [-0.39, 0.29) is 5.54 Å². The lowest BCUT2D eigenvalue weighted by Gasteiger charge is -2.43. The predicted octanol–water partition coefficient (Wildman–Crippen LogP) is 3.31. The fourth-order valence-electron chi connectivity index (χ4n) is 2.18. The molecule has 0 rings (SSSR count). The molecule has 0 saturated heterocycles. The Morgan fingerprint density at radius 3 is 2.20 bits per heavy atom. The van der Waals surface area contributed by atoms with E-state index in [1.807, 2.05) is 0 Å². The van der Waals surface area contributed by atoms with Crippen LogP contribution >= 0.6 is 0 Å². The second-order valence-corrected chi connectivity index (χ2v) is 4.92. The van der Waals surface area contributed by atoms with E-state index in [0.29, 0.717) is 6.04 Å². The maximum atomic E-state index is 5.37. The zero-order chi connectivity index (χ0) is 11.9. The molecule has 0 heterocycles.